The molecule has 2 bridgehead atoms. The van der Waals surface area contributed by atoms with E-state index in [0.717, 1.165) is 19.3 Å². The van der Waals surface area contributed by atoms with Crippen LogP contribution in [0.1, 0.15) is 24.8 Å². The van der Waals surface area contributed by atoms with Crippen LogP contribution in [0.15, 0.2) is 18.2 Å². The highest BCUT2D eigenvalue weighted by Crippen LogP contribution is 2.75. The van der Waals surface area contributed by atoms with Crippen molar-refractivity contribution in [3.8, 4) is 0 Å². The van der Waals surface area contributed by atoms with Gasteiger partial charge in [0.15, 0.2) is 0 Å². The molecule has 6 heteroatoms. The molecular formula is C13H13Cl2FO2S. The van der Waals surface area contributed by atoms with E-state index in [1.807, 2.05) is 0 Å². The van der Waals surface area contributed by atoms with Crippen LogP contribution in [0.2, 0.25) is 5.02 Å². The largest absolute Gasteiger partial charge is 0.233 e. The molecule has 3 aliphatic carbocycles. The van der Waals surface area contributed by atoms with Crippen LogP contribution in [0.5, 0.6) is 0 Å². The van der Waals surface area contributed by atoms with Crippen molar-refractivity contribution in [1.82, 2.24) is 0 Å². The van der Waals surface area contributed by atoms with Crippen LogP contribution in [-0.2, 0) is 15.5 Å². The van der Waals surface area contributed by atoms with E-state index in [4.69, 9.17) is 22.3 Å². The fourth-order valence-electron chi connectivity index (χ4n) is 4.01. The first kappa shape index (κ1) is 13.7. The van der Waals surface area contributed by atoms with Crippen molar-refractivity contribution in [2.75, 3.05) is 5.75 Å². The number of hydrogen-bond donors (Lipinski definition) is 0. The zero-order chi connectivity index (χ0) is 13.9. The molecule has 0 aliphatic heterocycles. The van der Waals surface area contributed by atoms with Crippen molar-refractivity contribution in [2.24, 2.45) is 10.8 Å². The maximum atomic E-state index is 13.7. The highest BCUT2D eigenvalue weighted by atomic mass is 35.7. The van der Waals surface area contributed by atoms with Gasteiger partial charge in [-0.25, -0.2) is 12.8 Å². The smallest absolute Gasteiger partial charge is 0.212 e. The van der Waals surface area contributed by atoms with Gasteiger partial charge in [0.25, 0.3) is 0 Å². The summed E-state index contributed by atoms with van der Waals surface area (Å²) in [4.78, 5) is 0. The van der Waals surface area contributed by atoms with Gasteiger partial charge in [-0.3, -0.25) is 0 Å². The second kappa shape index (κ2) is 4.09. The van der Waals surface area contributed by atoms with E-state index in [9.17, 15) is 12.8 Å². The Morgan fingerprint density at radius 3 is 2.37 bits per heavy atom. The van der Waals surface area contributed by atoms with E-state index < -0.39 is 9.05 Å². The van der Waals surface area contributed by atoms with Gasteiger partial charge in [-0.1, -0.05) is 17.7 Å². The standard InChI is InChI=1S/C13H13Cl2FO2S/c14-10-2-1-3-11(16)9(10)4-12-5-13(6-12,7-12)8-19(15,17)18/h1-3H,4-8H2. The molecule has 1 aromatic carbocycles. The molecule has 3 fully saturated rings. The average Bonchev–Trinajstić information content (AvgIpc) is 2.16. The molecule has 0 spiro atoms. The maximum absolute atomic E-state index is 13.7. The SMILES string of the molecule is O=S(=O)(Cl)CC12CC(Cc3c(F)cccc3Cl)(C1)C2. The quantitative estimate of drug-likeness (QED) is 0.791. The molecule has 3 saturated carbocycles. The highest BCUT2D eigenvalue weighted by molar-refractivity contribution is 8.13. The minimum absolute atomic E-state index is 0.0351. The molecular weight excluding hydrogens is 310 g/mol. The summed E-state index contributed by atoms with van der Waals surface area (Å²) in [7, 11) is 1.85. The third-order valence-electron chi connectivity index (χ3n) is 4.34. The van der Waals surface area contributed by atoms with Gasteiger partial charge < -0.3 is 0 Å². The van der Waals surface area contributed by atoms with Crippen molar-refractivity contribution < 1.29 is 12.8 Å². The Bertz CT molecular complexity index is 602. The molecule has 0 amide bonds. The Hall–Kier alpha value is -0.320. The molecule has 1 aromatic rings. The van der Waals surface area contributed by atoms with Crippen molar-refractivity contribution in [2.45, 2.75) is 25.7 Å². The molecule has 0 radical (unpaired) electrons. The fourth-order valence-corrected chi connectivity index (χ4v) is 5.98. The summed E-state index contributed by atoms with van der Waals surface area (Å²) >= 11 is 6.02. The Kier molecular flexibility index (Phi) is 2.94. The van der Waals surface area contributed by atoms with Crippen molar-refractivity contribution in [3.63, 3.8) is 0 Å². The predicted molar refractivity (Wildman–Crippen MR) is 73.5 cm³/mol. The predicted octanol–water partition coefficient (Wildman–Crippen LogP) is 3.76. The molecule has 0 saturated heterocycles. The van der Waals surface area contributed by atoms with E-state index >= 15 is 0 Å². The first-order valence-electron chi connectivity index (χ1n) is 6.08. The summed E-state index contributed by atoms with van der Waals surface area (Å²) in [5.41, 5.74) is 0.428. The highest BCUT2D eigenvalue weighted by Gasteiger charge is 2.68. The molecule has 3 aliphatic rings. The van der Waals surface area contributed by atoms with Gasteiger partial charge in [-0.2, -0.15) is 0 Å². The number of hydrogen-bond acceptors (Lipinski definition) is 2. The number of benzene rings is 1. The first-order chi connectivity index (χ1) is 8.73. The van der Waals surface area contributed by atoms with Crippen LogP contribution in [-0.4, -0.2) is 14.2 Å². The van der Waals surface area contributed by atoms with Gasteiger partial charge in [0, 0.05) is 21.3 Å². The Labute approximate surface area is 121 Å². The normalized spacial score (nSPS) is 32.6. The Morgan fingerprint density at radius 2 is 1.84 bits per heavy atom. The molecule has 0 atom stereocenters. The third kappa shape index (κ3) is 2.39. The van der Waals surface area contributed by atoms with Gasteiger partial charge in [-0.05, 0) is 48.6 Å². The van der Waals surface area contributed by atoms with Crippen molar-refractivity contribution in [1.29, 1.82) is 0 Å². The molecule has 2 nitrogen and oxygen atoms in total. The minimum Gasteiger partial charge on any atom is -0.212 e. The Balaban J connectivity index is 1.70. The lowest BCUT2D eigenvalue weighted by atomic mass is 9.34. The molecule has 0 N–H and O–H groups in total. The summed E-state index contributed by atoms with van der Waals surface area (Å²) < 4.78 is 36.0. The minimum atomic E-state index is -3.45. The fraction of sp³-hybridized carbons (Fsp3) is 0.538. The van der Waals surface area contributed by atoms with Gasteiger partial charge >= 0.3 is 0 Å². The van der Waals surface area contributed by atoms with Crippen molar-refractivity contribution >= 4 is 31.3 Å². The van der Waals surface area contributed by atoms with Crippen LogP contribution in [0.4, 0.5) is 4.39 Å². The van der Waals surface area contributed by atoms with Crippen molar-refractivity contribution in [3.05, 3.63) is 34.6 Å². The number of halogens is 3. The summed E-state index contributed by atoms with van der Waals surface area (Å²) in [6.07, 6.45) is 2.99. The zero-order valence-corrected chi connectivity index (χ0v) is 12.5. The van der Waals surface area contributed by atoms with Crippen LogP contribution in [0.3, 0.4) is 0 Å². The zero-order valence-electron chi connectivity index (χ0n) is 10.1. The lowest BCUT2D eigenvalue weighted by Crippen LogP contribution is -2.64. The van der Waals surface area contributed by atoms with E-state index in [0.29, 0.717) is 17.0 Å². The second-order valence-electron chi connectivity index (χ2n) is 6.09. The molecule has 0 heterocycles. The maximum Gasteiger partial charge on any atom is 0.233 e. The number of rotatable bonds is 4. The van der Waals surface area contributed by atoms with Gasteiger partial charge in [0.2, 0.25) is 9.05 Å². The molecule has 0 unspecified atom stereocenters. The van der Waals surface area contributed by atoms with E-state index in [1.165, 1.54) is 6.07 Å². The van der Waals surface area contributed by atoms with E-state index in [1.54, 1.807) is 12.1 Å². The Morgan fingerprint density at radius 1 is 1.21 bits per heavy atom. The van der Waals surface area contributed by atoms with E-state index in [2.05, 4.69) is 0 Å². The molecule has 19 heavy (non-hydrogen) atoms. The van der Waals surface area contributed by atoms with Gasteiger partial charge in [-0.15, -0.1) is 0 Å². The molecule has 0 aromatic heterocycles. The topological polar surface area (TPSA) is 34.1 Å². The first-order valence-corrected chi connectivity index (χ1v) is 8.94. The lowest BCUT2D eigenvalue weighted by molar-refractivity contribution is -0.186. The second-order valence-corrected chi connectivity index (χ2v) is 9.27. The van der Waals surface area contributed by atoms with Crippen LogP contribution in [0.25, 0.3) is 0 Å². The van der Waals surface area contributed by atoms with Crippen LogP contribution >= 0.6 is 22.3 Å². The summed E-state index contributed by atoms with van der Waals surface area (Å²) in [6, 6.07) is 4.68. The van der Waals surface area contributed by atoms with Gasteiger partial charge in [0.05, 0.1) is 5.75 Å². The van der Waals surface area contributed by atoms with Gasteiger partial charge in [0.1, 0.15) is 5.82 Å². The third-order valence-corrected chi connectivity index (χ3v) is 5.98. The average molecular weight is 323 g/mol. The lowest BCUT2D eigenvalue weighted by Gasteiger charge is -2.71. The monoisotopic (exact) mass is 322 g/mol. The van der Waals surface area contributed by atoms with E-state index in [-0.39, 0.29) is 22.4 Å². The summed E-state index contributed by atoms with van der Waals surface area (Å²) in [6.45, 7) is 0. The van der Waals surface area contributed by atoms with Crippen LogP contribution in [0, 0.1) is 16.6 Å². The summed E-state index contributed by atoms with van der Waals surface area (Å²) in [5, 5.41) is 0.448. The van der Waals surface area contributed by atoms with Crippen LogP contribution < -0.4 is 0 Å². The summed E-state index contributed by atoms with van der Waals surface area (Å²) in [5.74, 6) is -0.245. The molecule has 4 rings (SSSR count). The molecule has 104 valence electrons.